The van der Waals surface area contributed by atoms with Crippen molar-refractivity contribution in [1.29, 1.82) is 0 Å². The van der Waals surface area contributed by atoms with Crippen LogP contribution in [0.3, 0.4) is 0 Å². The zero-order valence-corrected chi connectivity index (χ0v) is 15.8. The molecule has 1 heterocycles. The molecule has 1 aliphatic carbocycles. The number of nitrogens with zero attached hydrogens (tertiary/aromatic N) is 2. The van der Waals surface area contributed by atoms with Gasteiger partial charge in [0.05, 0.1) is 6.10 Å². The van der Waals surface area contributed by atoms with Gasteiger partial charge in [-0.1, -0.05) is 0 Å². The minimum Gasteiger partial charge on any atom is -0.378 e. The van der Waals surface area contributed by atoms with E-state index in [-0.39, 0.29) is 0 Å². The van der Waals surface area contributed by atoms with Gasteiger partial charge in [0, 0.05) is 30.8 Å². The molecule has 2 fully saturated rings. The van der Waals surface area contributed by atoms with E-state index in [9.17, 15) is 0 Å². The third-order valence-corrected chi connectivity index (χ3v) is 5.64. The van der Waals surface area contributed by atoms with Gasteiger partial charge in [0.15, 0.2) is 0 Å². The highest BCUT2D eigenvalue weighted by molar-refractivity contribution is 4.91. The summed E-state index contributed by atoms with van der Waals surface area (Å²) in [6.07, 6.45) is 5.74. The summed E-state index contributed by atoms with van der Waals surface area (Å²) in [5.41, 5.74) is 0.335. The van der Waals surface area contributed by atoms with E-state index in [0.717, 1.165) is 18.6 Å². The van der Waals surface area contributed by atoms with Crippen LogP contribution in [0.25, 0.3) is 0 Å². The number of hydrogen-bond donors (Lipinski definition) is 0. The summed E-state index contributed by atoms with van der Waals surface area (Å²) in [6.45, 7) is 18.6. The standard InChI is InChI=1S/C19H38N2O/c1-7-22-18-12-17(13-18)21(15(2)3)14-16-8-10-20(11-9-16)19(4,5)6/h15-18H,7-14H2,1-6H3. The fourth-order valence-electron chi connectivity index (χ4n) is 4.05. The lowest BCUT2D eigenvalue weighted by Crippen LogP contribution is -2.54. The first-order valence-corrected chi connectivity index (χ1v) is 9.43. The van der Waals surface area contributed by atoms with Crippen LogP contribution in [0.2, 0.25) is 0 Å². The lowest BCUT2D eigenvalue weighted by Gasteiger charge is -2.47. The SMILES string of the molecule is CCOC1CC(N(CC2CCN(C(C)(C)C)CC2)C(C)C)C1. The lowest BCUT2D eigenvalue weighted by molar-refractivity contribution is -0.0608. The Labute approximate surface area is 138 Å². The number of ether oxygens (including phenoxy) is 1. The van der Waals surface area contributed by atoms with E-state index in [2.05, 4.69) is 51.3 Å². The highest BCUT2D eigenvalue weighted by Crippen LogP contribution is 2.32. The zero-order valence-electron chi connectivity index (χ0n) is 15.8. The van der Waals surface area contributed by atoms with Gasteiger partial charge >= 0.3 is 0 Å². The summed E-state index contributed by atoms with van der Waals surface area (Å²) in [4.78, 5) is 5.41. The van der Waals surface area contributed by atoms with Crippen molar-refractivity contribution in [1.82, 2.24) is 9.80 Å². The maximum atomic E-state index is 5.75. The van der Waals surface area contributed by atoms with Crippen LogP contribution in [0.4, 0.5) is 0 Å². The largest absolute Gasteiger partial charge is 0.378 e. The molecule has 3 heteroatoms. The molecule has 0 radical (unpaired) electrons. The van der Waals surface area contributed by atoms with Gasteiger partial charge < -0.3 is 4.74 Å². The molecular formula is C19H38N2O. The molecule has 22 heavy (non-hydrogen) atoms. The summed E-state index contributed by atoms with van der Waals surface area (Å²) in [5, 5.41) is 0. The molecule has 0 aromatic heterocycles. The smallest absolute Gasteiger partial charge is 0.0604 e. The fourth-order valence-corrected chi connectivity index (χ4v) is 4.05. The Morgan fingerprint density at radius 2 is 1.73 bits per heavy atom. The normalized spacial score (nSPS) is 28.4. The van der Waals surface area contributed by atoms with Crippen molar-refractivity contribution < 1.29 is 4.74 Å². The summed E-state index contributed by atoms with van der Waals surface area (Å²) in [5.74, 6) is 0.882. The zero-order chi connectivity index (χ0) is 16.3. The average molecular weight is 311 g/mol. The molecule has 2 aliphatic rings. The predicted octanol–water partition coefficient (Wildman–Crippen LogP) is 3.77. The van der Waals surface area contributed by atoms with Crippen molar-refractivity contribution in [2.24, 2.45) is 5.92 Å². The maximum absolute atomic E-state index is 5.75. The summed E-state index contributed by atoms with van der Waals surface area (Å²) < 4.78 is 5.75. The third-order valence-electron chi connectivity index (χ3n) is 5.64. The van der Waals surface area contributed by atoms with Crippen LogP contribution >= 0.6 is 0 Å². The van der Waals surface area contributed by atoms with Gasteiger partial charge in [0.2, 0.25) is 0 Å². The van der Waals surface area contributed by atoms with E-state index in [0.29, 0.717) is 17.7 Å². The molecule has 1 aliphatic heterocycles. The summed E-state index contributed by atoms with van der Waals surface area (Å²) in [7, 11) is 0. The lowest BCUT2D eigenvalue weighted by atomic mass is 9.85. The Hall–Kier alpha value is -0.120. The highest BCUT2D eigenvalue weighted by Gasteiger charge is 2.37. The van der Waals surface area contributed by atoms with Crippen LogP contribution in [-0.4, -0.2) is 59.8 Å². The van der Waals surface area contributed by atoms with E-state index < -0.39 is 0 Å². The molecule has 3 nitrogen and oxygen atoms in total. The van der Waals surface area contributed by atoms with E-state index in [1.165, 1.54) is 45.3 Å². The minimum absolute atomic E-state index is 0.335. The second kappa shape index (κ2) is 7.63. The van der Waals surface area contributed by atoms with Crippen LogP contribution in [0.15, 0.2) is 0 Å². The Bertz CT molecular complexity index is 323. The first-order chi connectivity index (χ1) is 10.3. The molecule has 0 atom stereocenters. The van der Waals surface area contributed by atoms with E-state index in [1.54, 1.807) is 0 Å². The minimum atomic E-state index is 0.335. The van der Waals surface area contributed by atoms with Crippen LogP contribution in [0, 0.1) is 5.92 Å². The van der Waals surface area contributed by atoms with Crippen LogP contribution in [0.5, 0.6) is 0 Å². The first-order valence-electron chi connectivity index (χ1n) is 9.43. The van der Waals surface area contributed by atoms with Crippen molar-refractivity contribution >= 4 is 0 Å². The number of hydrogen-bond acceptors (Lipinski definition) is 3. The predicted molar refractivity (Wildman–Crippen MR) is 94.3 cm³/mol. The number of rotatable bonds is 6. The molecule has 0 unspecified atom stereocenters. The molecule has 0 aromatic rings. The summed E-state index contributed by atoms with van der Waals surface area (Å²) in [6, 6.07) is 1.42. The molecule has 1 saturated carbocycles. The molecule has 0 spiro atoms. The van der Waals surface area contributed by atoms with E-state index in [4.69, 9.17) is 4.74 Å². The molecule has 1 saturated heterocycles. The second-order valence-electron chi connectivity index (χ2n) is 8.59. The van der Waals surface area contributed by atoms with Crippen LogP contribution in [0.1, 0.15) is 67.2 Å². The molecular weight excluding hydrogens is 272 g/mol. The average Bonchev–Trinajstić information content (AvgIpc) is 2.39. The van der Waals surface area contributed by atoms with Gasteiger partial charge in [-0.15, -0.1) is 0 Å². The molecule has 0 amide bonds. The highest BCUT2D eigenvalue weighted by atomic mass is 16.5. The van der Waals surface area contributed by atoms with Crippen LogP contribution in [-0.2, 0) is 4.74 Å². The quantitative estimate of drug-likeness (QED) is 0.742. The molecule has 2 rings (SSSR count). The third kappa shape index (κ3) is 4.69. The maximum Gasteiger partial charge on any atom is 0.0604 e. The van der Waals surface area contributed by atoms with Crippen molar-refractivity contribution in [2.45, 2.75) is 91.0 Å². The van der Waals surface area contributed by atoms with Gasteiger partial charge in [-0.3, -0.25) is 9.80 Å². The van der Waals surface area contributed by atoms with Gasteiger partial charge in [-0.25, -0.2) is 0 Å². The Morgan fingerprint density at radius 3 is 2.18 bits per heavy atom. The molecule has 0 aromatic carbocycles. The van der Waals surface area contributed by atoms with E-state index >= 15 is 0 Å². The Kier molecular flexibility index (Phi) is 6.32. The second-order valence-corrected chi connectivity index (χ2v) is 8.59. The van der Waals surface area contributed by atoms with Gasteiger partial charge in [0.1, 0.15) is 0 Å². The monoisotopic (exact) mass is 310 g/mol. The van der Waals surface area contributed by atoms with Gasteiger partial charge in [-0.2, -0.15) is 0 Å². The number of likely N-dealkylation sites (tertiary alicyclic amines) is 1. The molecule has 0 N–H and O–H groups in total. The Balaban J connectivity index is 1.78. The summed E-state index contributed by atoms with van der Waals surface area (Å²) >= 11 is 0. The number of piperidine rings is 1. The van der Waals surface area contributed by atoms with E-state index in [1.807, 2.05) is 0 Å². The van der Waals surface area contributed by atoms with Crippen LogP contribution < -0.4 is 0 Å². The Morgan fingerprint density at radius 1 is 1.14 bits per heavy atom. The van der Waals surface area contributed by atoms with Crippen molar-refractivity contribution in [3.05, 3.63) is 0 Å². The first kappa shape index (κ1) is 18.2. The molecule has 130 valence electrons. The van der Waals surface area contributed by atoms with Crippen molar-refractivity contribution in [2.75, 3.05) is 26.2 Å². The van der Waals surface area contributed by atoms with Gasteiger partial charge in [-0.05, 0) is 86.2 Å². The van der Waals surface area contributed by atoms with Crippen molar-refractivity contribution in [3.8, 4) is 0 Å². The molecule has 0 bridgehead atoms. The topological polar surface area (TPSA) is 15.7 Å². The fraction of sp³-hybridized carbons (Fsp3) is 1.00. The van der Waals surface area contributed by atoms with Crippen molar-refractivity contribution in [3.63, 3.8) is 0 Å². The van der Waals surface area contributed by atoms with Gasteiger partial charge in [0.25, 0.3) is 0 Å².